The fraction of sp³-hybridized carbons (Fsp3) is 0.500. The zero-order valence-corrected chi connectivity index (χ0v) is 11.3. The molecule has 5 nitrogen and oxygen atoms in total. The van der Waals surface area contributed by atoms with Crippen molar-refractivity contribution in [3.63, 3.8) is 0 Å². The monoisotopic (exact) mass is 265 g/mol. The second kappa shape index (κ2) is 6.43. The molecule has 0 radical (unpaired) electrons. The fourth-order valence-electron chi connectivity index (χ4n) is 2.10. The Balaban J connectivity index is 2.03. The molecule has 0 aromatic heterocycles. The lowest BCUT2D eigenvalue weighted by molar-refractivity contribution is 0.0855. The van der Waals surface area contributed by atoms with Crippen LogP contribution in [-0.4, -0.2) is 39.4 Å². The van der Waals surface area contributed by atoms with Crippen molar-refractivity contribution in [2.75, 3.05) is 27.4 Å². The lowest BCUT2D eigenvalue weighted by Gasteiger charge is -2.13. The third-order valence-corrected chi connectivity index (χ3v) is 3.17. The van der Waals surface area contributed by atoms with Gasteiger partial charge in [0.15, 0.2) is 0 Å². The molecule has 0 aliphatic carbocycles. The van der Waals surface area contributed by atoms with Gasteiger partial charge in [-0.2, -0.15) is 0 Å². The molecule has 1 atom stereocenters. The summed E-state index contributed by atoms with van der Waals surface area (Å²) < 4.78 is 15.8. The van der Waals surface area contributed by atoms with Gasteiger partial charge < -0.3 is 19.5 Å². The number of rotatable bonds is 5. The maximum atomic E-state index is 12.1. The number of carbonyl (C=O) groups excluding carboxylic acids is 1. The smallest absolute Gasteiger partial charge is 0.255 e. The molecule has 1 aromatic rings. The van der Waals surface area contributed by atoms with Gasteiger partial charge in [-0.25, -0.2) is 0 Å². The van der Waals surface area contributed by atoms with Crippen LogP contribution in [0.5, 0.6) is 11.5 Å². The second-order valence-electron chi connectivity index (χ2n) is 4.41. The SMILES string of the molecule is COc1ccc(OC)c(C(=O)NCC2CCCO2)c1. The molecule has 0 saturated carbocycles. The molecular weight excluding hydrogens is 246 g/mol. The summed E-state index contributed by atoms with van der Waals surface area (Å²) in [6.45, 7) is 1.31. The first-order valence-electron chi connectivity index (χ1n) is 6.36. The summed E-state index contributed by atoms with van der Waals surface area (Å²) in [6, 6.07) is 5.15. The highest BCUT2D eigenvalue weighted by Gasteiger charge is 2.18. The van der Waals surface area contributed by atoms with E-state index in [1.165, 1.54) is 0 Å². The van der Waals surface area contributed by atoms with Gasteiger partial charge in [-0.05, 0) is 31.0 Å². The van der Waals surface area contributed by atoms with Crippen LogP contribution in [0.15, 0.2) is 18.2 Å². The van der Waals surface area contributed by atoms with E-state index in [0.29, 0.717) is 23.6 Å². The Kier molecular flexibility index (Phi) is 4.63. The van der Waals surface area contributed by atoms with Crippen molar-refractivity contribution in [2.45, 2.75) is 18.9 Å². The summed E-state index contributed by atoms with van der Waals surface area (Å²) in [5, 5.41) is 2.87. The zero-order chi connectivity index (χ0) is 13.7. The minimum atomic E-state index is -0.175. The van der Waals surface area contributed by atoms with Crippen molar-refractivity contribution in [2.24, 2.45) is 0 Å². The molecule has 2 rings (SSSR count). The Hall–Kier alpha value is -1.75. The van der Waals surface area contributed by atoms with Crippen LogP contribution in [-0.2, 0) is 4.74 Å². The molecule has 1 fully saturated rings. The van der Waals surface area contributed by atoms with E-state index in [1.807, 2.05) is 0 Å². The highest BCUT2D eigenvalue weighted by Crippen LogP contribution is 2.23. The molecule has 1 heterocycles. The van der Waals surface area contributed by atoms with Crippen LogP contribution < -0.4 is 14.8 Å². The van der Waals surface area contributed by atoms with E-state index in [2.05, 4.69) is 5.32 Å². The molecule has 1 saturated heterocycles. The van der Waals surface area contributed by atoms with Gasteiger partial charge in [0.05, 0.1) is 25.9 Å². The molecule has 0 bridgehead atoms. The molecule has 1 aliphatic rings. The molecule has 1 aliphatic heterocycles. The predicted molar refractivity (Wildman–Crippen MR) is 70.9 cm³/mol. The van der Waals surface area contributed by atoms with Crippen LogP contribution in [0.25, 0.3) is 0 Å². The van der Waals surface area contributed by atoms with Gasteiger partial charge in [0.2, 0.25) is 0 Å². The summed E-state index contributed by atoms with van der Waals surface area (Å²) in [5.41, 5.74) is 0.472. The maximum Gasteiger partial charge on any atom is 0.255 e. The first-order valence-corrected chi connectivity index (χ1v) is 6.36. The largest absolute Gasteiger partial charge is 0.497 e. The summed E-state index contributed by atoms with van der Waals surface area (Å²) >= 11 is 0. The van der Waals surface area contributed by atoms with Crippen LogP contribution in [0.4, 0.5) is 0 Å². The van der Waals surface area contributed by atoms with Crippen molar-refractivity contribution in [1.29, 1.82) is 0 Å². The topological polar surface area (TPSA) is 56.8 Å². The van der Waals surface area contributed by atoms with E-state index in [-0.39, 0.29) is 12.0 Å². The summed E-state index contributed by atoms with van der Waals surface area (Å²) in [7, 11) is 3.11. The number of benzene rings is 1. The summed E-state index contributed by atoms with van der Waals surface area (Å²) in [6.07, 6.45) is 2.18. The molecule has 5 heteroatoms. The average molecular weight is 265 g/mol. The number of hydrogen-bond donors (Lipinski definition) is 1. The molecule has 1 unspecified atom stereocenters. The standard InChI is InChI=1S/C14H19NO4/c1-17-10-5-6-13(18-2)12(8-10)14(16)15-9-11-4-3-7-19-11/h5-6,8,11H,3-4,7,9H2,1-2H3,(H,15,16). The summed E-state index contributed by atoms with van der Waals surface area (Å²) in [5.74, 6) is 0.986. The third-order valence-electron chi connectivity index (χ3n) is 3.17. The number of nitrogens with one attached hydrogen (secondary N) is 1. The van der Waals surface area contributed by atoms with Gasteiger partial charge in [0.1, 0.15) is 11.5 Å². The Bertz CT molecular complexity index is 441. The molecule has 1 amide bonds. The van der Waals surface area contributed by atoms with Crippen molar-refractivity contribution in [3.8, 4) is 11.5 Å². The Labute approximate surface area is 112 Å². The molecule has 19 heavy (non-hydrogen) atoms. The minimum absolute atomic E-state index is 0.126. The quantitative estimate of drug-likeness (QED) is 0.878. The predicted octanol–water partition coefficient (Wildman–Crippen LogP) is 1.61. The molecule has 0 spiro atoms. The molecular formula is C14H19NO4. The van der Waals surface area contributed by atoms with E-state index in [0.717, 1.165) is 19.4 Å². The Morgan fingerprint density at radius 1 is 1.42 bits per heavy atom. The van der Waals surface area contributed by atoms with Gasteiger partial charge >= 0.3 is 0 Å². The number of carbonyl (C=O) groups is 1. The molecule has 1 N–H and O–H groups in total. The van der Waals surface area contributed by atoms with Crippen LogP contribution in [0.2, 0.25) is 0 Å². The van der Waals surface area contributed by atoms with Crippen molar-refractivity contribution >= 4 is 5.91 Å². The fourth-order valence-corrected chi connectivity index (χ4v) is 2.10. The maximum absolute atomic E-state index is 12.1. The van der Waals surface area contributed by atoms with Crippen molar-refractivity contribution in [3.05, 3.63) is 23.8 Å². The normalized spacial score (nSPS) is 18.1. The first-order chi connectivity index (χ1) is 9.24. The van der Waals surface area contributed by atoms with Crippen molar-refractivity contribution < 1.29 is 19.0 Å². The van der Waals surface area contributed by atoms with E-state index in [4.69, 9.17) is 14.2 Å². The number of amides is 1. The molecule has 1 aromatic carbocycles. The second-order valence-corrected chi connectivity index (χ2v) is 4.41. The van der Waals surface area contributed by atoms with Gasteiger partial charge in [-0.3, -0.25) is 4.79 Å². The highest BCUT2D eigenvalue weighted by atomic mass is 16.5. The number of ether oxygens (including phenoxy) is 3. The minimum Gasteiger partial charge on any atom is -0.497 e. The first kappa shape index (κ1) is 13.7. The zero-order valence-electron chi connectivity index (χ0n) is 11.3. The van der Waals surface area contributed by atoms with Gasteiger partial charge in [0.25, 0.3) is 5.91 Å². The van der Waals surface area contributed by atoms with E-state index >= 15 is 0 Å². The highest BCUT2D eigenvalue weighted by molar-refractivity contribution is 5.97. The van der Waals surface area contributed by atoms with E-state index < -0.39 is 0 Å². The average Bonchev–Trinajstić information content (AvgIpc) is 2.97. The number of methoxy groups -OCH3 is 2. The van der Waals surface area contributed by atoms with E-state index in [9.17, 15) is 4.79 Å². The van der Waals surface area contributed by atoms with Crippen LogP contribution in [0.1, 0.15) is 23.2 Å². The molecule has 104 valence electrons. The summed E-state index contributed by atoms with van der Waals surface area (Å²) in [4.78, 5) is 12.1. The van der Waals surface area contributed by atoms with Crippen LogP contribution >= 0.6 is 0 Å². The van der Waals surface area contributed by atoms with Gasteiger partial charge in [-0.1, -0.05) is 0 Å². The van der Waals surface area contributed by atoms with Crippen LogP contribution in [0, 0.1) is 0 Å². The lowest BCUT2D eigenvalue weighted by Crippen LogP contribution is -2.32. The third kappa shape index (κ3) is 3.38. The van der Waals surface area contributed by atoms with Crippen molar-refractivity contribution in [1.82, 2.24) is 5.32 Å². The van der Waals surface area contributed by atoms with Crippen LogP contribution in [0.3, 0.4) is 0 Å². The van der Waals surface area contributed by atoms with E-state index in [1.54, 1.807) is 32.4 Å². The van der Waals surface area contributed by atoms with Gasteiger partial charge in [0, 0.05) is 13.2 Å². The number of hydrogen-bond acceptors (Lipinski definition) is 4. The lowest BCUT2D eigenvalue weighted by atomic mass is 10.1. The van der Waals surface area contributed by atoms with Gasteiger partial charge in [-0.15, -0.1) is 0 Å². The Morgan fingerprint density at radius 3 is 2.89 bits per heavy atom. The Morgan fingerprint density at radius 2 is 2.26 bits per heavy atom.